The predicted octanol–water partition coefficient (Wildman–Crippen LogP) is -2.89. The third-order valence-corrected chi connectivity index (χ3v) is 9.82. The van der Waals surface area contributed by atoms with Crippen LogP contribution in [0.15, 0.2) is 0 Å². The highest BCUT2D eigenvalue weighted by molar-refractivity contribution is 8.00. The highest BCUT2D eigenvalue weighted by Crippen LogP contribution is 2.25. The molecule has 0 radical (unpaired) electrons. The van der Waals surface area contributed by atoms with Crippen LogP contribution in [-0.2, 0) is 43.2 Å². The number of aliphatic carboxylic acids is 1. The molecular formula is C33H59N7O13S2. The third-order valence-electron chi connectivity index (χ3n) is 7.65. The summed E-state index contributed by atoms with van der Waals surface area (Å²) in [5.74, 6) is -3.79. The number of carbonyl (C=O) groups excluding carboxylic acids is 8. The van der Waals surface area contributed by atoms with Crippen LogP contribution in [0.1, 0.15) is 60.8 Å². The van der Waals surface area contributed by atoms with Gasteiger partial charge in [-0.15, -0.1) is 23.5 Å². The third kappa shape index (κ3) is 19.7. The lowest BCUT2D eigenvalue weighted by molar-refractivity contribution is -0.140. The minimum absolute atomic E-state index is 0. The average Bonchev–Trinajstić information content (AvgIpc) is 3.53. The van der Waals surface area contributed by atoms with Crippen LogP contribution in [-0.4, -0.2) is 182 Å². The first kappa shape index (κ1) is 53.4. The van der Waals surface area contributed by atoms with Crippen LogP contribution in [0, 0.1) is 0 Å². The summed E-state index contributed by atoms with van der Waals surface area (Å²) in [7, 11) is 0. The smallest absolute Gasteiger partial charge is 0.303 e. The Bertz CT molecular complexity index is 1310. The maximum atomic E-state index is 12.8. The average molecular weight is 826 g/mol. The molecule has 4 unspecified atom stereocenters. The van der Waals surface area contributed by atoms with E-state index < -0.39 is 64.8 Å². The first-order valence-corrected chi connectivity index (χ1v) is 19.0. The summed E-state index contributed by atoms with van der Waals surface area (Å²) >= 11 is 2.31. The quantitative estimate of drug-likeness (QED) is 0.0275. The number of carboxylic acid groups (broad SMARTS) is 1. The fraction of sp³-hybridized carbons (Fsp3) is 0.727. The van der Waals surface area contributed by atoms with Gasteiger partial charge in [0.2, 0.25) is 41.4 Å². The van der Waals surface area contributed by atoms with Gasteiger partial charge in [0.15, 0.2) is 0 Å². The van der Waals surface area contributed by atoms with Crippen molar-refractivity contribution in [1.29, 1.82) is 0 Å². The molecule has 0 aromatic heterocycles. The molecule has 0 aromatic rings. The van der Waals surface area contributed by atoms with Crippen LogP contribution < -0.4 is 21.7 Å². The normalized spacial score (nSPS) is 17.4. The summed E-state index contributed by atoms with van der Waals surface area (Å²) in [4.78, 5) is 111. The molecule has 4 atom stereocenters. The van der Waals surface area contributed by atoms with E-state index in [4.69, 9.17) is 10.8 Å². The highest BCUT2D eigenvalue weighted by atomic mass is 32.2. The van der Waals surface area contributed by atoms with E-state index in [0.717, 1.165) is 33.3 Å². The van der Waals surface area contributed by atoms with Gasteiger partial charge in [0.25, 0.3) is 0 Å². The molecular weight excluding hydrogens is 767 g/mol. The van der Waals surface area contributed by atoms with Gasteiger partial charge in [-0.1, -0.05) is 21.8 Å². The number of carboxylic acids is 1. The molecule has 2 aliphatic rings. The van der Waals surface area contributed by atoms with E-state index >= 15 is 0 Å². The molecule has 55 heavy (non-hydrogen) atoms. The van der Waals surface area contributed by atoms with Crippen molar-refractivity contribution in [2.75, 3.05) is 70.7 Å². The van der Waals surface area contributed by atoms with Gasteiger partial charge in [-0.05, 0) is 6.92 Å². The fourth-order valence-electron chi connectivity index (χ4n) is 4.91. The molecule has 2 saturated heterocycles. The van der Waals surface area contributed by atoms with Crippen molar-refractivity contribution in [1.82, 2.24) is 30.7 Å². The lowest BCUT2D eigenvalue weighted by Crippen LogP contribution is -2.51. The molecule has 0 saturated carbocycles. The van der Waals surface area contributed by atoms with Crippen molar-refractivity contribution < 1.29 is 63.6 Å². The number of rotatable bonds is 24. The zero-order valence-corrected chi connectivity index (χ0v) is 31.5. The van der Waals surface area contributed by atoms with Gasteiger partial charge in [-0.2, -0.15) is 0 Å². The van der Waals surface area contributed by atoms with Crippen LogP contribution in [0.4, 0.5) is 0 Å². The molecule has 9 N–H and O–H groups in total. The summed E-state index contributed by atoms with van der Waals surface area (Å²) in [5.41, 5.74) is 5.42. The number of aliphatic hydroxyl groups is 3. The van der Waals surface area contributed by atoms with E-state index in [1.807, 2.05) is 0 Å². The lowest BCUT2D eigenvalue weighted by atomic mass is 10.2. The summed E-state index contributed by atoms with van der Waals surface area (Å²) in [6.45, 7) is 1.39. The van der Waals surface area contributed by atoms with Gasteiger partial charge in [0, 0.05) is 83.0 Å². The zero-order valence-electron chi connectivity index (χ0n) is 29.8. The number of imide groups is 2. The van der Waals surface area contributed by atoms with E-state index in [9.17, 15) is 58.5 Å². The Kier molecular flexibility index (Phi) is 27.9. The number of nitrogens with one attached hydrogen (secondary N) is 3. The second kappa shape index (κ2) is 28.7. The second-order valence-corrected chi connectivity index (χ2v) is 14.3. The van der Waals surface area contributed by atoms with Crippen LogP contribution >= 0.6 is 23.5 Å². The summed E-state index contributed by atoms with van der Waals surface area (Å²) in [6, 6.07) is -1.04. The number of thioether (sulfide) groups is 2. The summed E-state index contributed by atoms with van der Waals surface area (Å²) < 4.78 is 0. The largest absolute Gasteiger partial charge is 0.481 e. The van der Waals surface area contributed by atoms with E-state index in [-0.39, 0.29) is 129 Å². The predicted molar refractivity (Wildman–Crippen MR) is 205 cm³/mol. The standard InChI is InChI=1S/C28H45N7O11S2.C3H6O2.2CH4/c1-17(38)14-33(7-8-36)19(15-37)26(44)30-4-9-47-20-10-24(42)34(27(20)45)5-2-22(40)31-12-18(39)13-32-23(41)3-6-35-25(43)11-21(28(35)46)48-16-29;1-2-3(4)5;;/h18-21,36-37,39H,2-16,29H2,1H3,(H,30,44)(H,31,40)(H,32,41);2H2,1H3,(H,4,5);2*1H4. The zero-order chi connectivity index (χ0) is 40.1. The Morgan fingerprint density at radius 2 is 1.35 bits per heavy atom. The Balaban J connectivity index is 0. The van der Waals surface area contributed by atoms with Crippen molar-refractivity contribution in [2.24, 2.45) is 5.73 Å². The number of hydrogen-bond donors (Lipinski definition) is 8. The van der Waals surface area contributed by atoms with Crippen LogP contribution in [0.5, 0.6) is 0 Å². The Labute approximate surface area is 330 Å². The second-order valence-electron chi connectivity index (χ2n) is 11.8. The highest BCUT2D eigenvalue weighted by Gasteiger charge is 2.39. The van der Waals surface area contributed by atoms with Crippen molar-refractivity contribution >= 4 is 76.6 Å². The molecule has 2 heterocycles. The number of aliphatic hydroxyl groups excluding tert-OH is 3. The molecule has 0 aromatic carbocycles. The van der Waals surface area contributed by atoms with Crippen molar-refractivity contribution in [3.05, 3.63) is 0 Å². The number of hydrogen-bond acceptors (Lipinski definition) is 16. The molecule has 2 rings (SSSR count). The van der Waals surface area contributed by atoms with Gasteiger partial charge >= 0.3 is 5.97 Å². The van der Waals surface area contributed by atoms with E-state index in [1.165, 1.54) is 11.8 Å². The SMILES string of the molecule is C.C.CC(=O)CN(CCO)C(CO)C(=O)NCCSC1CC(=O)N(CCC(=O)NCC(O)CNC(=O)CCN2C(=O)CC(SCN)C2=O)C1=O.CCC(=O)O. The molecule has 0 spiro atoms. The number of ketones is 1. The fourth-order valence-corrected chi connectivity index (χ4v) is 6.71. The van der Waals surface area contributed by atoms with Gasteiger partial charge in [-0.3, -0.25) is 57.9 Å². The topological polar surface area (TPSA) is 306 Å². The minimum Gasteiger partial charge on any atom is -0.481 e. The number of carbonyl (C=O) groups is 9. The Morgan fingerprint density at radius 1 is 0.873 bits per heavy atom. The van der Waals surface area contributed by atoms with Gasteiger partial charge in [0.1, 0.15) is 11.8 Å². The molecule has 7 amide bonds. The Morgan fingerprint density at radius 3 is 1.75 bits per heavy atom. The maximum absolute atomic E-state index is 12.8. The molecule has 0 aliphatic carbocycles. The molecule has 316 valence electrons. The van der Waals surface area contributed by atoms with Crippen molar-refractivity contribution in [2.45, 2.75) is 83.5 Å². The maximum Gasteiger partial charge on any atom is 0.303 e. The van der Waals surface area contributed by atoms with Crippen LogP contribution in [0.3, 0.4) is 0 Å². The Hall–Kier alpha value is -3.67. The lowest BCUT2D eigenvalue weighted by Gasteiger charge is -2.27. The number of nitrogens with two attached hydrogens (primary N) is 1. The van der Waals surface area contributed by atoms with Crippen LogP contribution in [0.2, 0.25) is 0 Å². The molecule has 0 bridgehead atoms. The first-order valence-electron chi connectivity index (χ1n) is 16.9. The van der Waals surface area contributed by atoms with Crippen molar-refractivity contribution in [3.8, 4) is 0 Å². The van der Waals surface area contributed by atoms with E-state index in [1.54, 1.807) is 6.92 Å². The number of amides is 7. The number of nitrogens with zero attached hydrogens (tertiary/aromatic N) is 3. The summed E-state index contributed by atoms with van der Waals surface area (Å²) in [6.07, 6.45) is -1.33. The van der Waals surface area contributed by atoms with Gasteiger partial charge in [-0.25, -0.2) is 0 Å². The van der Waals surface area contributed by atoms with E-state index in [2.05, 4.69) is 16.0 Å². The number of likely N-dealkylation sites (tertiary alicyclic amines) is 2. The van der Waals surface area contributed by atoms with Crippen molar-refractivity contribution in [3.63, 3.8) is 0 Å². The number of Topliss-reactive ketones (excluding diaryl/α,β-unsaturated/α-hetero) is 1. The van der Waals surface area contributed by atoms with Gasteiger partial charge < -0.3 is 42.1 Å². The van der Waals surface area contributed by atoms with Crippen LogP contribution in [0.25, 0.3) is 0 Å². The first-order chi connectivity index (χ1) is 25.1. The molecule has 22 heteroatoms. The molecule has 2 aliphatic heterocycles. The molecule has 2 fully saturated rings. The van der Waals surface area contributed by atoms with E-state index in [0.29, 0.717) is 0 Å². The summed E-state index contributed by atoms with van der Waals surface area (Å²) in [5, 5.41) is 43.0. The molecule has 20 nitrogen and oxygen atoms in total. The minimum atomic E-state index is -1.14. The monoisotopic (exact) mass is 825 g/mol. The van der Waals surface area contributed by atoms with Gasteiger partial charge in [0.05, 0.1) is 36.4 Å².